The van der Waals surface area contributed by atoms with Gasteiger partial charge in [-0.2, -0.15) is 4.98 Å². The Labute approximate surface area is 206 Å². The summed E-state index contributed by atoms with van der Waals surface area (Å²) in [5, 5.41) is 11.5. The molecule has 0 aliphatic heterocycles. The van der Waals surface area contributed by atoms with Gasteiger partial charge in [-0.3, -0.25) is 4.79 Å². The van der Waals surface area contributed by atoms with Gasteiger partial charge in [0.25, 0.3) is 0 Å². The van der Waals surface area contributed by atoms with Gasteiger partial charge < -0.3 is 26.0 Å². The minimum absolute atomic E-state index is 0.0124. The molecule has 11 heteroatoms. The highest BCUT2D eigenvalue weighted by Gasteiger charge is 2.09. The molecule has 3 aromatic rings. The van der Waals surface area contributed by atoms with Crippen LogP contribution in [0.4, 0.5) is 33.2 Å². The largest absolute Gasteiger partial charge is 0.493 e. The summed E-state index contributed by atoms with van der Waals surface area (Å²) in [7, 11) is 1.79. The lowest BCUT2D eigenvalue weighted by molar-refractivity contribution is -0.111. The molecule has 0 aliphatic carbocycles. The Morgan fingerprint density at radius 1 is 1.18 bits per heavy atom. The molecule has 0 unspecified atom stereocenters. The van der Waals surface area contributed by atoms with Gasteiger partial charge >= 0.3 is 0 Å². The lowest BCUT2D eigenvalue weighted by atomic mass is 10.2. The number of nitrogens with one attached hydrogen (secondary N) is 4. The highest BCUT2D eigenvalue weighted by Crippen LogP contribution is 2.23. The Balaban J connectivity index is 1.61. The molecule has 0 saturated carbocycles. The number of hydrogen-bond acceptors (Lipinski definition) is 8. The molecule has 1 heterocycles. The number of aromatic nitrogens is 2. The third kappa shape index (κ3) is 7.71. The Morgan fingerprint density at radius 3 is 2.68 bits per heavy atom. The van der Waals surface area contributed by atoms with E-state index in [-0.39, 0.29) is 17.7 Å². The summed E-state index contributed by atoms with van der Waals surface area (Å²) in [6.07, 6.45) is 2.24. The molecule has 0 saturated heterocycles. The van der Waals surface area contributed by atoms with Gasteiger partial charge in [0, 0.05) is 29.9 Å². The van der Waals surface area contributed by atoms with E-state index in [0.717, 1.165) is 16.3 Å². The van der Waals surface area contributed by atoms with E-state index in [2.05, 4.69) is 37.8 Å². The normalized spacial score (nSPS) is 10.2. The molecule has 0 fully saturated rings. The van der Waals surface area contributed by atoms with Gasteiger partial charge in [0.2, 0.25) is 11.9 Å². The molecule has 0 bridgehead atoms. The summed E-state index contributed by atoms with van der Waals surface area (Å²) >= 11 is 6.59. The van der Waals surface area contributed by atoms with Gasteiger partial charge in [0.15, 0.2) is 11.6 Å². The van der Waals surface area contributed by atoms with Crippen LogP contribution in [0, 0.1) is 5.82 Å². The van der Waals surface area contributed by atoms with Gasteiger partial charge in [0.05, 0.1) is 12.8 Å². The molecule has 1 amide bonds. The number of rotatable bonds is 10. The second-order valence-electron chi connectivity index (χ2n) is 6.67. The van der Waals surface area contributed by atoms with Crippen LogP contribution in [0.5, 0.6) is 5.75 Å². The smallest absolute Gasteiger partial charge is 0.247 e. The van der Waals surface area contributed by atoms with Gasteiger partial charge in [-0.25, -0.2) is 9.37 Å². The Bertz CT molecular complexity index is 1160. The second kappa shape index (κ2) is 12.5. The van der Waals surface area contributed by atoms with E-state index >= 15 is 0 Å². The van der Waals surface area contributed by atoms with Crippen LogP contribution in [0.25, 0.3) is 0 Å². The number of thiocarbonyl (C=S) groups is 1. The van der Waals surface area contributed by atoms with Crippen molar-refractivity contribution in [3.05, 3.63) is 73.2 Å². The van der Waals surface area contributed by atoms with Crippen molar-refractivity contribution in [2.24, 2.45) is 0 Å². The van der Waals surface area contributed by atoms with E-state index in [0.29, 0.717) is 29.4 Å². The fourth-order valence-electron chi connectivity index (χ4n) is 2.65. The first-order chi connectivity index (χ1) is 16.5. The Hall–Kier alpha value is -3.70. The highest BCUT2D eigenvalue weighted by molar-refractivity contribution is 8.22. The summed E-state index contributed by atoms with van der Waals surface area (Å²) in [5.41, 5.74) is 1.79. The summed E-state index contributed by atoms with van der Waals surface area (Å²) in [5.74, 6) is 0.692. The Kier molecular flexibility index (Phi) is 9.18. The maximum absolute atomic E-state index is 14.3. The zero-order valence-corrected chi connectivity index (χ0v) is 19.9. The molecule has 4 N–H and O–H groups in total. The zero-order valence-electron chi connectivity index (χ0n) is 18.3. The SMILES string of the molecule is C=CC(=O)Nc1cccc(Nc2nc(Nc3ccc(OCCSC(=S)NC)cc3)ncc2F)c1. The van der Waals surface area contributed by atoms with Crippen LogP contribution in [0.15, 0.2) is 67.4 Å². The molecular weight excluding hydrogens is 475 g/mol. The van der Waals surface area contributed by atoms with Crippen molar-refractivity contribution in [3.63, 3.8) is 0 Å². The monoisotopic (exact) mass is 498 g/mol. The number of halogens is 1. The summed E-state index contributed by atoms with van der Waals surface area (Å²) < 4.78 is 20.7. The number of thioether (sulfide) groups is 1. The molecule has 34 heavy (non-hydrogen) atoms. The highest BCUT2D eigenvalue weighted by atomic mass is 32.2. The zero-order chi connectivity index (χ0) is 24.3. The van der Waals surface area contributed by atoms with Gasteiger partial charge in [-0.15, -0.1) is 0 Å². The first kappa shape index (κ1) is 24.9. The van der Waals surface area contributed by atoms with E-state index in [1.54, 1.807) is 31.3 Å². The molecule has 8 nitrogen and oxygen atoms in total. The maximum atomic E-state index is 14.3. The van der Waals surface area contributed by atoms with Crippen LogP contribution in [0.1, 0.15) is 0 Å². The number of carbonyl (C=O) groups excluding carboxylic acids is 1. The molecule has 2 aromatic carbocycles. The average molecular weight is 499 g/mol. The maximum Gasteiger partial charge on any atom is 0.247 e. The summed E-state index contributed by atoms with van der Waals surface area (Å²) in [6.45, 7) is 3.94. The van der Waals surface area contributed by atoms with E-state index in [1.807, 2.05) is 24.3 Å². The van der Waals surface area contributed by atoms with Crippen LogP contribution in [-0.4, -0.2) is 39.6 Å². The van der Waals surface area contributed by atoms with Crippen molar-refractivity contribution in [3.8, 4) is 5.75 Å². The number of ether oxygens (including phenoxy) is 1. The molecule has 0 atom stereocenters. The molecule has 176 valence electrons. The van der Waals surface area contributed by atoms with Crippen LogP contribution < -0.4 is 26.0 Å². The molecule has 1 aromatic heterocycles. The molecule has 0 aliphatic rings. The van der Waals surface area contributed by atoms with Crippen LogP contribution in [-0.2, 0) is 4.79 Å². The third-order valence-corrected chi connectivity index (χ3v) is 5.62. The van der Waals surface area contributed by atoms with Crippen molar-refractivity contribution in [1.82, 2.24) is 15.3 Å². The first-order valence-corrected chi connectivity index (χ1v) is 11.5. The average Bonchev–Trinajstić information content (AvgIpc) is 2.85. The fraction of sp³-hybridized carbons (Fsp3) is 0.130. The topological polar surface area (TPSA) is 100 Å². The van der Waals surface area contributed by atoms with Crippen molar-refractivity contribution in [2.75, 3.05) is 35.4 Å². The quantitative estimate of drug-likeness (QED) is 0.178. The van der Waals surface area contributed by atoms with Crippen LogP contribution in [0.3, 0.4) is 0 Å². The van der Waals surface area contributed by atoms with Crippen molar-refractivity contribution in [1.29, 1.82) is 0 Å². The van der Waals surface area contributed by atoms with Crippen molar-refractivity contribution in [2.45, 2.75) is 0 Å². The van der Waals surface area contributed by atoms with Crippen LogP contribution in [0.2, 0.25) is 0 Å². The van der Waals surface area contributed by atoms with Crippen molar-refractivity contribution >= 4 is 63.0 Å². The predicted molar refractivity (Wildman–Crippen MR) is 140 cm³/mol. The first-order valence-electron chi connectivity index (χ1n) is 10.1. The van der Waals surface area contributed by atoms with E-state index in [4.69, 9.17) is 17.0 Å². The summed E-state index contributed by atoms with van der Waals surface area (Å²) in [6, 6.07) is 14.1. The number of nitrogens with zero attached hydrogens (tertiary/aromatic N) is 2. The number of anilines is 5. The lowest BCUT2D eigenvalue weighted by Gasteiger charge is -2.11. The van der Waals surface area contributed by atoms with E-state index in [1.165, 1.54) is 17.8 Å². The van der Waals surface area contributed by atoms with Gasteiger partial charge in [-0.05, 0) is 48.5 Å². The standard InChI is InChI=1S/C23H23FN6O2S2/c1-3-20(31)27-16-5-4-6-17(13-16)28-21-19(24)14-26-22(30-21)29-15-7-9-18(10-8-15)32-11-12-34-23(33)25-2/h3-10,13-14H,1,11-12H2,2H3,(H,25,33)(H,27,31)(H2,26,28,29,30). The molecule has 3 rings (SSSR count). The third-order valence-electron chi connectivity index (χ3n) is 4.22. The summed E-state index contributed by atoms with van der Waals surface area (Å²) in [4.78, 5) is 19.7. The number of amides is 1. The molecule has 0 spiro atoms. The molecule has 0 radical (unpaired) electrons. The minimum Gasteiger partial charge on any atom is -0.493 e. The fourth-order valence-corrected chi connectivity index (χ4v) is 3.40. The number of hydrogen-bond donors (Lipinski definition) is 4. The van der Waals surface area contributed by atoms with Crippen molar-refractivity contribution < 1.29 is 13.9 Å². The Morgan fingerprint density at radius 2 is 1.94 bits per heavy atom. The predicted octanol–water partition coefficient (Wildman–Crippen LogP) is 4.84. The number of carbonyl (C=O) groups is 1. The minimum atomic E-state index is -0.620. The lowest BCUT2D eigenvalue weighted by Crippen LogP contribution is -2.13. The molecular formula is C23H23FN6O2S2. The van der Waals surface area contributed by atoms with E-state index < -0.39 is 5.82 Å². The second-order valence-corrected chi connectivity index (χ2v) is 8.44. The van der Waals surface area contributed by atoms with Gasteiger partial charge in [0.1, 0.15) is 10.1 Å². The van der Waals surface area contributed by atoms with Gasteiger partial charge in [-0.1, -0.05) is 36.6 Å². The van der Waals surface area contributed by atoms with Crippen LogP contribution >= 0.6 is 24.0 Å². The van der Waals surface area contributed by atoms with E-state index in [9.17, 15) is 9.18 Å². The number of benzene rings is 2.